The topological polar surface area (TPSA) is 76.1 Å². The van der Waals surface area contributed by atoms with Crippen LogP contribution in [0.1, 0.15) is 20.3 Å². The van der Waals surface area contributed by atoms with Crippen LogP contribution in [-0.4, -0.2) is 34.7 Å². The lowest BCUT2D eigenvalue weighted by Crippen LogP contribution is -2.40. The Balaban J connectivity index is 2.09. The van der Waals surface area contributed by atoms with Gasteiger partial charge in [0.05, 0.1) is 16.5 Å². The predicted octanol–water partition coefficient (Wildman–Crippen LogP) is 1.99. The number of ether oxygens (including phenoxy) is 1. The van der Waals surface area contributed by atoms with Crippen molar-refractivity contribution in [3.8, 4) is 0 Å². The number of benzene rings is 1. The normalized spacial score (nSPS) is 11.6. The first-order chi connectivity index (χ1) is 10.8. The van der Waals surface area contributed by atoms with Crippen molar-refractivity contribution in [2.75, 3.05) is 13.7 Å². The molecule has 7 heteroatoms. The molecule has 6 nitrogen and oxygen atoms in total. The zero-order valence-electron chi connectivity index (χ0n) is 13.5. The molecule has 124 valence electrons. The van der Waals surface area contributed by atoms with Crippen molar-refractivity contribution in [3.63, 3.8) is 0 Å². The molecule has 0 spiro atoms. The molecule has 0 fully saturated rings. The number of para-hydroxylation sites is 1. The highest BCUT2D eigenvalue weighted by Gasteiger charge is 2.17. The minimum Gasteiger partial charge on any atom is -0.377 e. The molecule has 23 heavy (non-hydrogen) atoms. The number of amides is 1. The number of nitrogens with zero attached hydrogens (tertiary/aromatic N) is 1. The quantitative estimate of drug-likeness (QED) is 0.792. The summed E-state index contributed by atoms with van der Waals surface area (Å²) in [6, 6.07) is 7.17. The molecule has 1 amide bonds. The fraction of sp³-hybridized carbons (Fsp3) is 0.438. The van der Waals surface area contributed by atoms with Crippen molar-refractivity contribution in [2.45, 2.75) is 32.4 Å². The monoisotopic (exact) mass is 335 g/mol. The van der Waals surface area contributed by atoms with E-state index in [2.05, 4.69) is 10.3 Å². The van der Waals surface area contributed by atoms with Gasteiger partial charge >= 0.3 is 0 Å². The number of carbonyl (C=O) groups is 1. The Morgan fingerprint density at radius 3 is 2.78 bits per heavy atom. The van der Waals surface area contributed by atoms with Crippen LogP contribution in [-0.2, 0) is 16.1 Å². The van der Waals surface area contributed by atoms with Gasteiger partial charge in [0.2, 0.25) is 5.91 Å². The third-order valence-corrected chi connectivity index (χ3v) is 4.04. The average Bonchev–Trinajstić information content (AvgIpc) is 2.53. The molecule has 0 atom stereocenters. The second-order valence-corrected chi connectivity index (χ2v) is 6.31. The van der Waals surface area contributed by atoms with Crippen molar-refractivity contribution >= 4 is 29.0 Å². The third-order valence-electron chi connectivity index (χ3n) is 3.72. The molecule has 2 N–H and O–H groups in total. The van der Waals surface area contributed by atoms with Crippen LogP contribution >= 0.6 is 12.2 Å². The van der Waals surface area contributed by atoms with E-state index in [0.717, 1.165) is 0 Å². The number of carbonyl (C=O) groups excluding carboxylic acids is 1. The number of methoxy groups -OCH3 is 1. The Morgan fingerprint density at radius 2 is 2.09 bits per heavy atom. The van der Waals surface area contributed by atoms with E-state index in [1.165, 1.54) is 4.57 Å². The first kappa shape index (κ1) is 17.4. The van der Waals surface area contributed by atoms with E-state index >= 15 is 0 Å². The summed E-state index contributed by atoms with van der Waals surface area (Å²) in [5, 5.41) is 3.35. The van der Waals surface area contributed by atoms with Gasteiger partial charge in [0, 0.05) is 26.6 Å². The molecule has 0 aliphatic rings. The summed E-state index contributed by atoms with van der Waals surface area (Å²) >= 11 is 5.22. The Bertz CT molecular complexity index is 823. The summed E-state index contributed by atoms with van der Waals surface area (Å²) in [7, 11) is 1.60. The van der Waals surface area contributed by atoms with Crippen LogP contribution in [0.4, 0.5) is 0 Å². The van der Waals surface area contributed by atoms with Crippen molar-refractivity contribution in [1.82, 2.24) is 14.9 Å². The van der Waals surface area contributed by atoms with Gasteiger partial charge in [-0.15, -0.1) is 0 Å². The Hall–Kier alpha value is -1.99. The molecule has 0 bridgehead atoms. The maximum Gasteiger partial charge on any atom is 0.262 e. The van der Waals surface area contributed by atoms with Crippen LogP contribution in [0, 0.1) is 4.77 Å². The van der Waals surface area contributed by atoms with E-state index in [-0.39, 0.29) is 24.4 Å². The highest BCUT2D eigenvalue weighted by Crippen LogP contribution is 2.07. The van der Waals surface area contributed by atoms with Gasteiger partial charge in [-0.25, -0.2) is 0 Å². The summed E-state index contributed by atoms with van der Waals surface area (Å²) in [6.07, 6.45) is 0.176. The lowest BCUT2D eigenvalue weighted by Gasteiger charge is -2.23. The fourth-order valence-corrected chi connectivity index (χ4v) is 2.37. The molecule has 0 aliphatic carbocycles. The van der Waals surface area contributed by atoms with E-state index in [0.29, 0.717) is 22.2 Å². The molecule has 1 aromatic carbocycles. The Labute approximate surface area is 139 Å². The van der Waals surface area contributed by atoms with E-state index in [1.807, 2.05) is 19.9 Å². The SMILES string of the molecule is COC(C)(C)CNC(=O)CCn1c(=S)[nH]c2ccccc2c1=O. The fourth-order valence-electron chi connectivity index (χ4n) is 2.09. The maximum absolute atomic E-state index is 12.4. The molecular weight excluding hydrogens is 314 g/mol. The lowest BCUT2D eigenvalue weighted by molar-refractivity contribution is -0.122. The molecule has 0 unspecified atom stereocenters. The number of rotatable bonds is 6. The van der Waals surface area contributed by atoms with E-state index in [4.69, 9.17) is 17.0 Å². The van der Waals surface area contributed by atoms with Gasteiger partial charge in [-0.1, -0.05) is 12.1 Å². The zero-order chi connectivity index (χ0) is 17.0. The number of nitrogens with one attached hydrogen (secondary N) is 2. The van der Waals surface area contributed by atoms with Gasteiger partial charge in [0.15, 0.2) is 4.77 Å². The highest BCUT2D eigenvalue weighted by molar-refractivity contribution is 7.71. The minimum atomic E-state index is -0.424. The van der Waals surface area contributed by atoms with Crippen LogP contribution in [0.2, 0.25) is 0 Å². The standard InChI is InChI=1S/C16H21N3O3S/c1-16(2,22-3)10-17-13(20)8-9-19-14(21)11-6-4-5-7-12(11)18-15(19)23/h4-7H,8-10H2,1-3H3,(H,17,20)(H,18,23). The molecule has 1 aromatic heterocycles. The predicted molar refractivity (Wildman–Crippen MR) is 92.1 cm³/mol. The van der Waals surface area contributed by atoms with Crippen LogP contribution < -0.4 is 10.9 Å². The second kappa shape index (κ2) is 7.06. The largest absolute Gasteiger partial charge is 0.377 e. The molecule has 0 aliphatic heterocycles. The van der Waals surface area contributed by atoms with Gasteiger partial charge in [-0.2, -0.15) is 0 Å². The lowest BCUT2D eigenvalue weighted by atomic mass is 10.1. The van der Waals surface area contributed by atoms with Crippen LogP contribution in [0.5, 0.6) is 0 Å². The first-order valence-electron chi connectivity index (χ1n) is 7.38. The molecule has 0 saturated heterocycles. The second-order valence-electron chi connectivity index (χ2n) is 5.92. The van der Waals surface area contributed by atoms with Gasteiger partial charge in [-0.05, 0) is 38.2 Å². The molecule has 2 rings (SSSR count). The number of aromatic nitrogens is 2. The third kappa shape index (κ3) is 4.27. The summed E-state index contributed by atoms with van der Waals surface area (Å²) < 4.78 is 6.98. The highest BCUT2D eigenvalue weighted by atomic mass is 32.1. The Morgan fingerprint density at radius 1 is 1.39 bits per heavy atom. The number of hydrogen-bond donors (Lipinski definition) is 2. The van der Waals surface area contributed by atoms with E-state index in [9.17, 15) is 9.59 Å². The number of hydrogen-bond acceptors (Lipinski definition) is 4. The summed E-state index contributed by atoms with van der Waals surface area (Å²) in [5.74, 6) is -0.149. The molecule has 2 aromatic rings. The number of aromatic amines is 1. The van der Waals surface area contributed by atoms with Crippen LogP contribution in [0.3, 0.4) is 0 Å². The first-order valence-corrected chi connectivity index (χ1v) is 7.78. The van der Waals surface area contributed by atoms with Crippen LogP contribution in [0.15, 0.2) is 29.1 Å². The smallest absolute Gasteiger partial charge is 0.262 e. The van der Waals surface area contributed by atoms with Crippen molar-refractivity contribution < 1.29 is 9.53 Å². The van der Waals surface area contributed by atoms with Gasteiger partial charge < -0.3 is 15.0 Å². The molecule has 0 radical (unpaired) electrons. The minimum absolute atomic E-state index is 0.149. The van der Waals surface area contributed by atoms with E-state index < -0.39 is 5.60 Å². The molecular formula is C16H21N3O3S. The summed E-state index contributed by atoms with van der Waals surface area (Å²) in [4.78, 5) is 27.4. The number of fused-ring (bicyclic) bond motifs is 1. The Kier molecular flexibility index (Phi) is 5.33. The average molecular weight is 335 g/mol. The summed E-state index contributed by atoms with van der Waals surface area (Å²) in [6.45, 7) is 4.41. The van der Waals surface area contributed by atoms with Gasteiger partial charge in [-0.3, -0.25) is 14.2 Å². The van der Waals surface area contributed by atoms with Crippen molar-refractivity contribution in [1.29, 1.82) is 0 Å². The number of H-pyrrole nitrogens is 1. The molecule has 1 heterocycles. The van der Waals surface area contributed by atoms with E-state index in [1.54, 1.807) is 25.3 Å². The van der Waals surface area contributed by atoms with Crippen molar-refractivity contribution in [3.05, 3.63) is 39.4 Å². The van der Waals surface area contributed by atoms with Gasteiger partial charge in [0.1, 0.15) is 0 Å². The summed E-state index contributed by atoms with van der Waals surface area (Å²) in [5.41, 5.74) is 0.0891. The van der Waals surface area contributed by atoms with Crippen molar-refractivity contribution in [2.24, 2.45) is 0 Å². The van der Waals surface area contributed by atoms with Crippen LogP contribution in [0.25, 0.3) is 10.9 Å². The maximum atomic E-state index is 12.4. The van der Waals surface area contributed by atoms with Gasteiger partial charge in [0.25, 0.3) is 5.56 Å². The molecule has 0 saturated carbocycles. The zero-order valence-corrected chi connectivity index (χ0v) is 14.3.